The fraction of sp³-hybridized carbons (Fsp3) is 0.889. The smallest absolute Gasteiger partial charge is 0.320 e. The van der Waals surface area contributed by atoms with Gasteiger partial charge in [-0.05, 0) is 12.8 Å². The van der Waals surface area contributed by atoms with Gasteiger partial charge in [0.15, 0.2) is 12.2 Å². The van der Waals surface area contributed by atoms with E-state index in [1.165, 1.54) is 0 Å². The Labute approximate surface area is 200 Å². The van der Waals surface area contributed by atoms with Crippen LogP contribution >= 0.6 is 0 Å². The zero-order valence-electron chi connectivity index (χ0n) is 18.8. The summed E-state index contributed by atoms with van der Waals surface area (Å²) in [6.45, 7) is -1.84. The van der Waals surface area contributed by atoms with Crippen molar-refractivity contribution in [3.8, 4) is 0 Å². The van der Waals surface area contributed by atoms with Gasteiger partial charge < -0.3 is 77.0 Å². The molecule has 0 aromatic carbocycles. The van der Waals surface area contributed by atoms with E-state index < -0.39 is 86.6 Å². The van der Waals surface area contributed by atoms with Crippen molar-refractivity contribution in [1.82, 2.24) is 5.32 Å². The summed E-state index contributed by atoms with van der Waals surface area (Å²) in [7, 11) is 0. The van der Waals surface area contributed by atoms with Gasteiger partial charge in [0.05, 0.1) is 13.2 Å². The fourth-order valence-corrected chi connectivity index (χ4v) is 3.30. The lowest BCUT2D eigenvalue weighted by Crippen LogP contribution is -2.62. The molecule has 1 unspecified atom stereocenters. The molecule has 0 saturated carbocycles. The number of nitrogens with one attached hydrogen (secondary N) is 2. The molecule has 17 nitrogen and oxygen atoms in total. The van der Waals surface area contributed by atoms with Gasteiger partial charge in [0.1, 0.15) is 55.4 Å². The summed E-state index contributed by atoms with van der Waals surface area (Å²) >= 11 is 0. The summed E-state index contributed by atoms with van der Waals surface area (Å²) in [4.78, 5) is 10.2. The third-order valence-corrected chi connectivity index (χ3v) is 5.39. The van der Waals surface area contributed by atoms with Crippen molar-refractivity contribution in [2.24, 2.45) is 11.5 Å². The van der Waals surface area contributed by atoms with Gasteiger partial charge in [-0.1, -0.05) is 0 Å². The minimum atomic E-state index is -2.22. The lowest BCUT2D eigenvalue weighted by atomic mass is 9.99. The summed E-state index contributed by atoms with van der Waals surface area (Å²) in [5, 5.41) is 94.4. The van der Waals surface area contributed by atoms with Crippen LogP contribution in [0.4, 0.5) is 0 Å². The van der Waals surface area contributed by atoms with Crippen LogP contribution in [0.3, 0.4) is 0 Å². The standard InChI is InChI=1S/C12H22O11.C6H14N4O2/c13-1-4-6(16)8(18)9(19)11(21-4)23-12(3-15)10(20)7(17)5(2-14)22-12;7-4(5(11)12)2-1-3-10-6(8)9/h4-11,13-20H,1-3H2;4H,1-3,7H2,(H,11,12)(H4,8,9,10)/t4-,5-,6-,7-,8+,9-,10+,11-,12+;/m1./s1. The van der Waals surface area contributed by atoms with Gasteiger partial charge in [-0.25, -0.2) is 0 Å². The molecule has 0 radical (unpaired) electrons. The van der Waals surface area contributed by atoms with E-state index in [9.17, 15) is 35.4 Å². The molecular formula is C18H36N4O13. The van der Waals surface area contributed by atoms with Crippen molar-refractivity contribution in [3.05, 3.63) is 0 Å². The first kappa shape index (κ1) is 31.3. The van der Waals surface area contributed by atoms with Crippen molar-refractivity contribution >= 4 is 11.9 Å². The van der Waals surface area contributed by atoms with Crippen LogP contribution in [0.15, 0.2) is 0 Å². The molecule has 2 fully saturated rings. The summed E-state index contributed by atoms with van der Waals surface area (Å²) in [6, 6.07) is -0.821. The van der Waals surface area contributed by atoms with E-state index >= 15 is 0 Å². The van der Waals surface area contributed by atoms with Gasteiger partial charge in [-0.15, -0.1) is 0 Å². The number of aliphatic hydroxyl groups excluding tert-OH is 8. The molecule has 0 amide bonds. The van der Waals surface area contributed by atoms with Crippen molar-refractivity contribution in [3.63, 3.8) is 0 Å². The highest BCUT2D eigenvalue weighted by molar-refractivity contribution is 5.74. The van der Waals surface area contributed by atoms with E-state index in [-0.39, 0.29) is 5.96 Å². The third-order valence-electron chi connectivity index (χ3n) is 5.39. The van der Waals surface area contributed by atoms with Gasteiger partial charge in [-0.3, -0.25) is 10.2 Å². The Hall–Kier alpha value is -1.74. The fourth-order valence-electron chi connectivity index (χ4n) is 3.30. The Morgan fingerprint density at radius 3 is 2.09 bits per heavy atom. The highest BCUT2D eigenvalue weighted by Crippen LogP contribution is 2.35. The SMILES string of the molecule is N=C(N)NCCCC(N)C(=O)O.OC[C@H]1O[C@@](CO)(O[C@H]2O[C@H](CO)[C@@H](O)[C@H](O)[C@H]2O)[C@@H](O)[C@@H]1O. The molecule has 0 bridgehead atoms. The molecule has 2 rings (SSSR count). The number of carboxylic acids is 1. The van der Waals surface area contributed by atoms with Gasteiger partial charge in [0.2, 0.25) is 5.79 Å². The molecule has 2 aliphatic rings. The molecule has 2 aliphatic heterocycles. The number of hydrogen-bond donors (Lipinski definition) is 13. The van der Waals surface area contributed by atoms with Crippen molar-refractivity contribution in [1.29, 1.82) is 5.41 Å². The monoisotopic (exact) mass is 516 g/mol. The molecule has 2 heterocycles. The summed E-state index contributed by atoms with van der Waals surface area (Å²) < 4.78 is 15.4. The zero-order chi connectivity index (χ0) is 26.9. The number of ether oxygens (including phenoxy) is 3. The maximum atomic E-state index is 10.2. The molecule has 2 saturated heterocycles. The first-order valence-electron chi connectivity index (χ1n) is 10.6. The quantitative estimate of drug-likeness (QED) is 0.0728. The predicted molar refractivity (Wildman–Crippen MR) is 113 cm³/mol. The molecule has 0 aromatic heterocycles. The van der Waals surface area contributed by atoms with Crippen LogP contribution in [0.5, 0.6) is 0 Å². The number of aliphatic carboxylic acids is 1. The van der Waals surface area contributed by atoms with Crippen LogP contribution in [0, 0.1) is 5.41 Å². The number of guanidine groups is 1. The molecular weight excluding hydrogens is 480 g/mol. The number of rotatable bonds is 10. The Morgan fingerprint density at radius 1 is 1.03 bits per heavy atom. The van der Waals surface area contributed by atoms with Gasteiger partial charge in [0.25, 0.3) is 0 Å². The van der Waals surface area contributed by atoms with Gasteiger partial charge >= 0.3 is 5.97 Å². The first-order valence-corrected chi connectivity index (χ1v) is 10.6. The van der Waals surface area contributed by atoms with Gasteiger partial charge in [0, 0.05) is 6.54 Å². The molecule has 0 spiro atoms. The number of hydrogen-bond acceptors (Lipinski definition) is 14. The van der Waals surface area contributed by atoms with Crippen LogP contribution in [0.2, 0.25) is 0 Å². The minimum Gasteiger partial charge on any atom is -0.480 e. The van der Waals surface area contributed by atoms with Crippen LogP contribution in [-0.4, -0.2) is 145 Å². The van der Waals surface area contributed by atoms with E-state index in [4.69, 9.17) is 46.4 Å². The van der Waals surface area contributed by atoms with Crippen LogP contribution < -0.4 is 16.8 Å². The van der Waals surface area contributed by atoms with E-state index in [2.05, 4.69) is 5.32 Å². The molecule has 0 aliphatic carbocycles. The average Bonchev–Trinajstić information content (AvgIpc) is 3.07. The van der Waals surface area contributed by atoms with E-state index in [0.29, 0.717) is 19.4 Å². The topological polar surface area (TPSA) is 315 Å². The highest BCUT2D eigenvalue weighted by Gasteiger charge is 2.58. The Morgan fingerprint density at radius 2 is 1.63 bits per heavy atom. The lowest BCUT2D eigenvalue weighted by Gasteiger charge is -2.43. The second-order valence-corrected chi connectivity index (χ2v) is 7.99. The zero-order valence-corrected chi connectivity index (χ0v) is 18.8. The van der Waals surface area contributed by atoms with Crippen molar-refractivity contribution in [2.45, 2.75) is 73.7 Å². The molecule has 0 aromatic rings. The second kappa shape index (κ2) is 14.1. The van der Waals surface area contributed by atoms with Crippen LogP contribution in [0.1, 0.15) is 12.8 Å². The third kappa shape index (κ3) is 8.13. The van der Waals surface area contributed by atoms with Crippen LogP contribution in [0.25, 0.3) is 0 Å². The Bertz CT molecular complexity index is 674. The number of aliphatic hydroxyl groups is 8. The first-order chi connectivity index (χ1) is 16.3. The Balaban J connectivity index is 0.000000434. The van der Waals surface area contributed by atoms with Crippen molar-refractivity contribution in [2.75, 3.05) is 26.4 Å². The van der Waals surface area contributed by atoms with E-state index in [1.54, 1.807) is 0 Å². The number of nitrogens with two attached hydrogens (primary N) is 2. The molecule has 15 N–H and O–H groups in total. The van der Waals surface area contributed by atoms with Crippen molar-refractivity contribution < 1.29 is 65.0 Å². The molecule has 35 heavy (non-hydrogen) atoms. The maximum Gasteiger partial charge on any atom is 0.320 e. The molecule has 206 valence electrons. The van der Waals surface area contributed by atoms with Gasteiger partial charge in [-0.2, -0.15) is 0 Å². The summed E-state index contributed by atoms with van der Waals surface area (Å²) in [5.74, 6) is -3.34. The van der Waals surface area contributed by atoms with Crippen LogP contribution in [-0.2, 0) is 19.0 Å². The molecule has 17 heteroatoms. The maximum absolute atomic E-state index is 10.2. The summed E-state index contributed by atoms with van der Waals surface area (Å²) in [5.41, 5.74) is 10.2. The number of carbonyl (C=O) groups is 1. The Kier molecular flexibility index (Phi) is 12.6. The van der Waals surface area contributed by atoms with E-state index in [1.807, 2.05) is 0 Å². The lowest BCUT2D eigenvalue weighted by molar-refractivity contribution is -0.383. The largest absolute Gasteiger partial charge is 0.480 e. The average molecular weight is 517 g/mol. The second-order valence-electron chi connectivity index (χ2n) is 7.99. The highest BCUT2D eigenvalue weighted by atomic mass is 16.8. The predicted octanol–water partition coefficient (Wildman–Crippen LogP) is -6.73. The minimum absolute atomic E-state index is 0.112. The summed E-state index contributed by atoms with van der Waals surface area (Å²) in [6.07, 6.45) is -11.7. The normalized spacial score (nSPS) is 37.7. The molecule has 10 atom stereocenters. The number of carboxylic acid groups (broad SMARTS) is 1. The van der Waals surface area contributed by atoms with E-state index in [0.717, 1.165) is 0 Å².